The molecule has 0 unspecified atom stereocenters. The van der Waals surface area contributed by atoms with E-state index >= 15 is 0 Å². The first-order chi connectivity index (χ1) is 30.0. The molecular weight excluding hydrogens is 745 g/mol. The van der Waals surface area contributed by atoms with E-state index in [9.17, 15) is 0 Å². The summed E-state index contributed by atoms with van der Waals surface area (Å²) >= 11 is 0. The molecule has 0 saturated carbocycles. The molecule has 2 aliphatic carbocycles. The highest BCUT2D eigenvalue weighted by Crippen LogP contribution is 2.60. The van der Waals surface area contributed by atoms with Crippen LogP contribution in [0.1, 0.15) is 57.0 Å². The van der Waals surface area contributed by atoms with Crippen LogP contribution in [-0.2, 0) is 5.41 Å². The first kappa shape index (κ1) is 36.8. The molecule has 0 aliphatic heterocycles. The Morgan fingerprint density at radius 2 is 0.855 bits per heavy atom. The molecule has 0 spiro atoms. The molecule has 0 heterocycles. The quantitative estimate of drug-likeness (QED) is 0.167. The Balaban J connectivity index is 1.23. The lowest BCUT2D eigenvalue weighted by Gasteiger charge is -2.30. The van der Waals surface area contributed by atoms with E-state index in [1.807, 2.05) is 0 Å². The van der Waals surface area contributed by atoms with Crippen LogP contribution in [0, 0.1) is 41.5 Å². The monoisotopic (exact) mass is 792 g/mol. The first-order valence-electron chi connectivity index (χ1n) is 22.1. The molecule has 62 heavy (non-hydrogen) atoms. The van der Waals surface area contributed by atoms with Gasteiger partial charge in [-0.15, -0.1) is 0 Å². The predicted molar refractivity (Wildman–Crippen MR) is 266 cm³/mol. The molecule has 2 aliphatic rings. The fourth-order valence-electron chi connectivity index (χ4n) is 11.7. The number of hydrogen-bond donors (Lipinski definition) is 0. The lowest BCUT2D eigenvalue weighted by Crippen LogP contribution is -2.22. The van der Waals surface area contributed by atoms with Gasteiger partial charge in [-0.2, -0.15) is 0 Å². The van der Waals surface area contributed by atoms with Gasteiger partial charge in [-0.3, -0.25) is 0 Å². The second-order valence-corrected chi connectivity index (χ2v) is 18.7. The highest BCUT2D eigenvalue weighted by Gasteiger charge is 2.42. The fraction of sp³-hybridized carbons (Fsp3) is 0.129. The summed E-state index contributed by atoms with van der Waals surface area (Å²) in [6, 6.07) is 63.4. The molecule has 0 fully saturated rings. The van der Waals surface area contributed by atoms with E-state index in [1.54, 1.807) is 0 Å². The second kappa shape index (κ2) is 13.2. The zero-order chi connectivity index (χ0) is 42.2. The zero-order valence-corrected chi connectivity index (χ0v) is 36.6. The van der Waals surface area contributed by atoms with Crippen LogP contribution >= 0.6 is 0 Å². The Morgan fingerprint density at radius 1 is 0.306 bits per heavy atom. The van der Waals surface area contributed by atoms with Gasteiger partial charge in [0.25, 0.3) is 0 Å². The van der Waals surface area contributed by atoms with Gasteiger partial charge in [0.2, 0.25) is 0 Å². The Kier molecular flexibility index (Phi) is 7.86. The summed E-state index contributed by atoms with van der Waals surface area (Å²) < 4.78 is 0. The van der Waals surface area contributed by atoms with Crippen LogP contribution in [0.4, 0.5) is 0 Å². The molecule has 12 rings (SSSR count). The van der Waals surface area contributed by atoms with Crippen LogP contribution < -0.4 is 0 Å². The van der Waals surface area contributed by atoms with Gasteiger partial charge in [0.05, 0.1) is 0 Å². The van der Waals surface area contributed by atoms with Crippen molar-refractivity contribution in [1.82, 2.24) is 0 Å². The van der Waals surface area contributed by atoms with Gasteiger partial charge in [0.1, 0.15) is 0 Å². The van der Waals surface area contributed by atoms with E-state index in [-0.39, 0.29) is 5.41 Å². The minimum atomic E-state index is -0.340. The largest absolute Gasteiger partial charge is 0.0616 e. The number of aryl methyl sites for hydroxylation is 6. The van der Waals surface area contributed by atoms with Crippen LogP contribution in [0.5, 0.6) is 0 Å². The zero-order valence-electron chi connectivity index (χ0n) is 36.6. The summed E-state index contributed by atoms with van der Waals surface area (Å²) in [6.07, 6.45) is 0. The molecule has 0 nitrogen and oxygen atoms in total. The van der Waals surface area contributed by atoms with Crippen LogP contribution in [0.15, 0.2) is 164 Å². The van der Waals surface area contributed by atoms with Gasteiger partial charge in [-0.25, -0.2) is 0 Å². The van der Waals surface area contributed by atoms with Gasteiger partial charge >= 0.3 is 0 Å². The van der Waals surface area contributed by atoms with E-state index < -0.39 is 0 Å². The summed E-state index contributed by atoms with van der Waals surface area (Å²) in [5, 5.41) is 7.76. The van der Waals surface area contributed by atoms with Crippen molar-refractivity contribution in [2.75, 3.05) is 0 Å². The van der Waals surface area contributed by atoms with Crippen LogP contribution in [0.25, 0.3) is 99.1 Å². The molecule has 0 atom stereocenters. The van der Waals surface area contributed by atoms with Crippen molar-refractivity contribution in [3.05, 3.63) is 214 Å². The maximum Gasteiger partial charge on any atom is 0.0435 e. The summed E-state index contributed by atoms with van der Waals surface area (Å²) in [7, 11) is 0. The molecule has 0 radical (unpaired) electrons. The Bertz CT molecular complexity index is 3500. The fourth-order valence-corrected chi connectivity index (χ4v) is 11.7. The standard InChI is InChI=1S/C62H48/c1-35-15-20-48-49-21-16-36(2)32-56(49)62(7,55(48)31-35)46-19-22-51-54(34-46)58(45-29-39(5)26-40(6)30-45)61-53-24-23-47(43-18-17-41-11-8-9-12-42(41)33-43)50-13-10-14-52(59(50)53)60(61)57(51)44-27-37(3)25-38(4)28-44/h8-34H,1-7H3. The normalized spacial score (nSPS) is 13.2. The topological polar surface area (TPSA) is 0 Å². The van der Waals surface area contributed by atoms with Crippen LogP contribution in [0.3, 0.4) is 0 Å². The summed E-state index contributed by atoms with van der Waals surface area (Å²) in [5.41, 5.74) is 27.2. The van der Waals surface area contributed by atoms with Crippen LogP contribution in [0.2, 0.25) is 0 Å². The van der Waals surface area contributed by atoms with E-state index in [1.165, 1.54) is 149 Å². The molecule has 0 aromatic heterocycles. The summed E-state index contributed by atoms with van der Waals surface area (Å²) in [4.78, 5) is 0. The highest BCUT2D eigenvalue weighted by molar-refractivity contribution is 6.29. The van der Waals surface area contributed by atoms with Gasteiger partial charge in [0, 0.05) is 5.41 Å². The number of fused-ring (bicyclic) bond motifs is 8. The lowest BCUT2D eigenvalue weighted by atomic mass is 9.72. The van der Waals surface area contributed by atoms with Crippen molar-refractivity contribution in [3.63, 3.8) is 0 Å². The van der Waals surface area contributed by atoms with Crippen molar-refractivity contribution in [3.8, 4) is 66.8 Å². The second-order valence-electron chi connectivity index (χ2n) is 18.7. The maximum atomic E-state index is 2.59. The third-order valence-corrected chi connectivity index (χ3v) is 14.3. The van der Waals surface area contributed by atoms with Gasteiger partial charge < -0.3 is 0 Å². The SMILES string of the molecule is Cc1cc(C)cc(-c2c3c(c(-c4cc(C)cc(C)c4)c4cc(C5(C)c6cc(C)ccc6-c6ccc(C)cc65)ccc24)-c2ccc(-c4ccc5ccccc5c4)c4cccc-3c24)c1. The molecule has 10 aromatic carbocycles. The van der Waals surface area contributed by atoms with Gasteiger partial charge in [-0.1, -0.05) is 185 Å². The number of rotatable bonds is 4. The smallest absolute Gasteiger partial charge is 0.0435 e. The van der Waals surface area contributed by atoms with Gasteiger partial charge in [-0.05, 0) is 176 Å². The van der Waals surface area contributed by atoms with E-state index in [0.29, 0.717) is 0 Å². The summed E-state index contributed by atoms with van der Waals surface area (Å²) in [6.45, 7) is 15.9. The summed E-state index contributed by atoms with van der Waals surface area (Å²) in [5.74, 6) is 0. The molecular formula is C62H48. The Labute approximate surface area is 365 Å². The van der Waals surface area contributed by atoms with E-state index in [2.05, 4.69) is 212 Å². The van der Waals surface area contributed by atoms with Crippen molar-refractivity contribution in [2.24, 2.45) is 0 Å². The lowest BCUT2D eigenvalue weighted by molar-refractivity contribution is 0.713. The third kappa shape index (κ3) is 5.26. The molecule has 296 valence electrons. The van der Waals surface area contributed by atoms with Crippen molar-refractivity contribution < 1.29 is 0 Å². The Morgan fingerprint density at radius 3 is 1.48 bits per heavy atom. The molecule has 10 aromatic rings. The third-order valence-electron chi connectivity index (χ3n) is 14.3. The van der Waals surface area contributed by atoms with Crippen molar-refractivity contribution in [1.29, 1.82) is 0 Å². The predicted octanol–water partition coefficient (Wildman–Crippen LogP) is 17.0. The minimum Gasteiger partial charge on any atom is -0.0616 e. The van der Waals surface area contributed by atoms with E-state index in [0.717, 1.165) is 0 Å². The average molecular weight is 793 g/mol. The first-order valence-corrected chi connectivity index (χ1v) is 22.1. The average Bonchev–Trinajstić information content (AvgIpc) is 3.71. The highest BCUT2D eigenvalue weighted by atomic mass is 14.4. The maximum absolute atomic E-state index is 2.59. The molecule has 0 bridgehead atoms. The molecule has 0 amide bonds. The minimum absolute atomic E-state index is 0.340. The van der Waals surface area contributed by atoms with Crippen molar-refractivity contribution in [2.45, 2.75) is 53.9 Å². The van der Waals surface area contributed by atoms with Crippen LogP contribution in [-0.4, -0.2) is 0 Å². The Hall–Kier alpha value is -7.02. The number of hydrogen-bond acceptors (Lipinski definition) is 0. The molecule has 0 heteroatoms. The van der Waals surface area contributed by atoms with Crippen molar-refractivity contribution >= 4 is 32.3 Å². The molecule has 0 saturated heterocycles. The number of benzene rings is 10. The van der Waals surface area contributed by atoms with E-state index in [4.69, 9.17) is 0 Å². The van der Waals surface area contributed by atoms with Gasteiger partial charge in [0.15, 0.2) is 0 Å². The molecule has 0 N–H and O–H groups in total.